The van der Waals surface area contributed by atoms with Crippen LogP contribution >= 0.6 is 15.9 Å². The topological polar surface area (TPSA) is 45.0 Å². The smallest absolute Gasteiger partial charge is 0.140 e. The molecule has 1 atom stereocenters. The maximum atomic E-state index is 9.35. The SMILES string of the molecule is COc1ccc(C(C#N)Nc2ccc(C)cc2)cc1Br. The van der Waals surface area contributed by atoms with Crippen LogP contribution in [0.2, 0.25) is 0 Å². The molecule has 0 radical (unpaired) electrons. The third kappa shape index (κ3) is 3.31. The molecule has 2 rings (SSSR count). The number of aryl methyl sites for hydroxylation is 1. The van der Waals surface area contributed by atoms with Crippen molar-refractivity contribution in [3.8, 4) is 11.8 Å². The maximum absolute atomic E-state index is 9.35. The molecule has 0 aliphatic carbocycles. The van der Waals surface area contributed by atoms with E-state index in [9.17, 15) is 5.26 Å². The highest BCUT2D eigenvalue weighted by atomic mass is 79.9. The van der Waals surface area contributed by atoms with E-state index < -0.39 is 6.04 Å². The van der Waals surface area contributed by atoms with E-state index in [0.717, 1.165) is 21.5 Å². The average Bonchev–Trinajstić information content (AvgIpc) is 2.46. The number of anilines is 1. The van der Waals surface area contributed by atoms with Crippen molar-refractivity contribution < 1.29 is 4.74 Å². The number of ether oxygens (including phenoxy) is 1. The summed E-state index contributed by atoms with van der Waals surface area (Å²) in [6.45, 7) is 2.03. The van der Waals surface area contributed by atoms with Gasteiger partial charge >= 0.3 is 0 Å². The Morgan fingerprint density at radius 3 is 2.45 bits per heavy atom. The summed E-state index contributed by atoms with van der Waals surface area (Å²) in [6.07, 6.45) is 0. The highest BCUT2D eigenvalue weighted by Crippen LogP contribution is 2.29. The summed E-state index contributed by atoms with van der Waals surface area (Å²) in [4.78, 5) is 0. The van der Waals surface area contributed by atoms with Crippen molar-refractivity contribution in [2.75, 3.05) is 12.4 Å². The molecule has 3 nitrogen and oxygen atoms in total. The number of nitrogens with one attached hydrogen (secondary N) is 1. The summed E-state index contributed by atoms with van der Waals surface area (Å²) >= 11 is 3.44. The average molecular weight is 331 g/mol. The molecule has 0 saturated carbocycles. The van der Waals surface area contributed by atoms with Crippen LogP contribution in [0, 0.1) is 18.3 Å². The number of benzene rings is 2. The molecule has 0 amide bonds. The third-order valence-corrected chi connectivity index (χ3v) is 3.62. The highest BCUT2D eigenvalue weighted by molar-refractivity contribution is 9.10. The fraction of sp³-hybridized carbons (Fsp3) is 0.188. The molecule has 102 valence electrons. The van der Waals surface area contributed by atoms with Gasteiger partial charge in [-0.1, -0.05) is 23.8 Å². The van der Waals surface area contributed by atoms with E-state index in [4.69, 9.17) is 4.74 Å². The van der Waals surface area contributed by atoms with Gasteiger partial charge in [0.05, 0.1) is 17.7 Å². The predicted octanol–water partition coefficient (Wildman–Crippen LogP) is 4.44. The van der Waals surface area contributed by atoms with Gasteiger partial charge in [-0.25, -0.2) is 0 Å². The van der Waals surface area contributed by atoms with E-state index in [2.05, 4.69) is 27.3 Å². The van der Waals surface area contributed by atoms with Crippen molar-refractivity contribution in [3.63, 3.8) is 0 Å². The molecule has 0 fully saturated rings. The quantitative estimate of drug-likeness (QED) is 0.901. The molecule has 1 N–H and O–H groups in total. The highest BCUT2D eigenvalue weighted by Gasteiger charge is 2.12. The van der Waals surface area contributed by atoms with Crippen molar-refractivity contribution >= 4 is 21.6 Å². The van der Waals surface area contributed by atoms with Gasteiger partial charge in [-0.3, -0.25) is 0 Å². The molecule has 0 saturated heterocycles. The lowest BCUT2D eigenvalue weighted by Gasteiger charge is -2.14. The largest absolute Gasteiger partial charge is 0.496 e. The summed E-state index contributed by atoms with van der Waals surface area (Å²) in [7, 11) is 1.62. The number of methoxy groups -OCH3 is 1. The van der Waals surface area contributed by atoms with Crippen LogP contribution in [0.5, 0.6) is 5.75 Å². The number of nitriles is 1. The summed E-state index contributed by atoms with van der Waals surface area (Å²) in [5.41, 5.74) is 3.01. The summed E-state index contributed by atoms with van der Waals surface area (Å²) in [6, 6.07) is 15.5. The summed E-state index contributed by atoms with van der Waals surface area (Å²) in [5, 5.41) is 12.6. The van der Waals surface area contributed by atoms with Crippen LogP contribution in [-0.2, 0) is 0 Å². The van der Waals surface area contributed by atoms with Gasteiger partial charge in [-0.2, -0.15) is 5.26 Å². The molecule has 0 aliphatic heterocycles. The molecular weight excluding hydrogens is 316 g/mol. The number of rotatable bonds is 4. The Bertz CT molecular complexity index is 632. The number of hydrogen-bond donors (Lipinski definition) is 1. The zero-order valence-corrected chi connectivity index (χ0v) is 12.9. The molecule has 2 aromatic carbocycles. The van der Waals surface area contributed by atoms with Gasteiger partial charge in [0.1, 0.15) is 11.8 Å². The Balaban J connectivity index is 2.22. The van der Waals surface area contributed by atoms with Gasteiger partial charge in [0.15, 0.2) is 0 Å². The second-order valence-corrected chi connectivity index (χ2v) is 5.32. The minimum Gasteiger partial charge on any atom is -0.496 e. The Kier molecular flexibility index (Phi) is 4.65. The van der Waals surface area contributed by atoms with E-state index in [1.165, 1.54) is 5.56 Å². The van der Waals surface area contributed by atoms with Gasteiger partial charge < -0.3 is 10.1 Å². The van der Waals surface area contributed by atoms with Gasteiger partial charge in [0.25, 0.3) is 0 Å². The molecule has 0 aromatic heterocycles. The maximum Gasteiger partial charge on any atom is 0.140 e. The molecule has 0 aliphatic rings. The van der Waals surface area contributed by atoms with Crippen LogP contribution in [0.25, 0.3) is 0 Å². The summed E-state index contributed by atoms with van der Waals surface area (Å²) < 4.78 is 6.03. The molecule has 1 unspecified atom stereocenters. The fourth-order valence-corrected chi connectivity index (χ4v) is 2.43. The standard InChI is InChI=1S/C16H15BrN2O/c1-11-3-6-13(7-4-11)19-15(10-18)12-5-8-16(20-2)14(17)9-12/h3-9,15,19H,1-2H3. The van der Waals surface area contributed by atoms with Crippen LogP contribution in [0.3, 0.4) is 0 Å². The third-order valence-electron chi connectivity index (χ3n) is 3.00. The van der Waals surface area contributed by atoms with E-state index in [0.29, 0.717) is 0 Å². The first-order valence-electron chi connectivity index (χ1n) is 6.20. The molecule has 4 heteroatoms. The lowest BCUT2D eigenvalue weighted by Crippen LogP contribution is -2.08. The number of hydrogen-bond acceptors (Lipinski definition) is 3. The monoisotopic (exact) mass is 330 g/mol. The first-order valence-corrected chi connectivity index (χ1v) is 6.99. The van der Waals surface area contributed by atoms with E-state index in [1.807, 2.05) is 49.4 Å². The van der Waals surface area contributed by atoms with Gasteiger partial charge in [-0.05, 0) is 52.7 Å². The number of nitrogens with zero attached hydrogens (tertiary/aromatic N) is 1. The van der Waals surface area contributed by atoms with Crippen LogP contribution in [0.4, 0.5) is 5.69 Å². The van der Waals surface area contributed by atoms with Crippen molar-refractivity contribution in [1.29, 1.82) is 5.26 Å². The summed E-state index contributed by atoms with van der Waals surface area (Å²) in [5.74, 6) is 0.751. The normalized spacial score (nSPS) is 11.5. The molecule has 0 spiro atoms. The Labute approximate surface area is 127 Å². The molecule has 0 bridgehead atoms. The van der Waals surface area contributed by atoms with Crippen molar-refractivity contribution in [2.45, 2.75) is 13.0 Å². The lowest BCUT2D eigenvalue weighted by molar-refractivity contribution is 0.412. The lowest BCUT2D eigenvalue weighted by atomic mass is 10.1. The number of halogens is 1. The zero-order valence-electron chi connectivity index (χ0n) is 11.4. The first kappa shape index (κ1) is 14.4. The molecule has 2 aromatic rings. The van der Waals surface area contributed by atoms with Crippen LogP contribution in [-0.4, -0.2) is 7.11 Å². The minimum absolute atomic E-state index is 0.403. The van der Waals surface area contributed by atoms with E-state index >= 15 is 0 Å². The van der Waals surface area contributed by atoms with Crippen LogP contribution in [0.1, 0.15) is 17.2 Å². The Hall–Kier alpha value is -1.99. The van der Waals surface area contributed by atoms with Gasteiger partial charge in [0.2, 0.25) is 0 Å². The second-order valence-electron chi connectivity index (χ2n) is 4.47. The fourth-order valence-electron chi connectivity index (χ4n) is 1.87. The van der Waals surface area contributed by atoms with Crippen molar-refractivity contribution in [2.24, 2.45) is 0 Å². The Morgan fingerprint density at radius 2 is 1.90 bits per heavy atom. The molecule has 0 heterocycles. The Morgan fingerprint density at radius 1 is 1.20 bits per heavy atom. The van der Waals surface area contributed by atoms with E-state index in [1.54, 1.807) is 7.11 Å². The first-order chi connectivity index (χ1) is 9.63. The van der Waals surface area contributed by atoms with Crippen molar-refractivity contribution in [1.82, 2.24) is 0 Å². The van der Waals surface area contributed by atoms with Gasteiger partial charge in [0, 0.05) is 5.69 Å². The minimum atomic E-state index is -0.403. The zero-order chi connectivity index (χ0) is 14.5. The van der Waals surface area contributed by atoms with Crippen LogP contribution < -0.4 is 10.1 Å². The van der Waals surface area contributed by atoms with E-state index in [-0.39, 0.29) is 0 Å². The molecular formula is C16H15BrN2O. The van der Waals surface area contributed by atoms with Crippen LogP contribution in [0.15, 0.2) is 46.9 Å². The second kappa shape index (κ2) is 6.44. The predicted molar refractivity (Wildman–Crippen MR) is 83.8 cm³/mol. The van der Waals surface area contributed by atoms with Crippen molar-refractivity contribution in [3.05, 3.63) is 58.1 Å². The molecule has 20 heavy (non-hydrogen) atoms. The van der Waals surface area contributed by atoms with Gasteiger partial charge in [-0.15, -0.1) is 0 Å².